The molecule has 0 aliphatic carbocycles. The Hall–Kier alpha value is -2.50. The van der Waals surface area contributed by atoms with Crippen LogP contribution in [0.4, 0.5) is 11.8 Å². The molecule has 0 radical (unpaired) electrons. The Labute approximate surface area is 149 Å². The number of aromatic nitrogens is 2. The number of hydrogen-bond acceptors (Lipinski definition) is 6. The van der Waals surface area contributed by atoms with Gasteiger partial charge in [-0.3, -0.25) is 0 Å². The summed E-state index contributed by atoms with van der Waals surface area (Å²) in [4.78, 5) is 11.4. The Kier molecular flexibility index (Phi) is 5.58. The summed E-state index contributed by atoms with van der Waals surface area (Å²) in [6, 6.07) is 7.80. The Balaban J connectivity index is 1.66. The second-order valence-corrected chi connectivity index (χ2v) is 6.48. The van der Waals surface area contributed by atoms with Gasteiger partial charge >= 0.3 is 0 Å². The zero-order valence-corrected chi connectivity index (χ0v) is 15.2. The molecule has 2 aromatic rings. The third-order valence-corrected chi connectivity index (χ3v) is 4.50. The van der Waals surface area contributed by atoms with Gasteiger partial charge in [-0.15, -0.1) is 0 Å². The number of rotatable bonds is 6. The zero-order chi connectivity index (χ0) is 17.6. The Bertz CT molecular complexity index is 708. The molecule has 1 aromatic heterocycles. The highest BCUT2D eigenvalue weighted by molar-refractivity contribution is 5.45. The third kappa shape index (κ3) is 4.32. The molecule has 0 amide bonds. The summed E-state index contributed by atoms with van der Waals surface area (Å²) in [6.45, 7) is 5.00. The van der Waals surface area contributed by atoms with E-state index in [-0.39, 0.29) is 0 Å². The van der Waals surface area contributed by atoms with Crippen LogP contribution in [0.5, 0.6) is 11.5 Å². The van der Waals surface area contributed by atoms with Crippen molar-refractivity contribution in [2.75, 3.05) is 37.5 Å². The van der Waals surface area contributed by atoms with Gasteiger partial charge in [-0.25, -0.2) is 4.98 Å². The first-order chi connectivity index (χ1) is 12.2. The van der Waals surface area contributed by atoms with Crippen LogP contribution in [0.3, 0.4) is 0 Å². The lowest BCUT2D eigenvalue weighted by atomic mass is 10.0. The topological polar surface area (TPSA) is 59.5 Å². The van der Waals surface area contributed by atoms with Gasteiger partial charge in [0.05, 0.1) is 14.2 Å². The van der Waals surface area contributed by atoms with Gasteiger partial charge in [0.1, 0.15) is 5.82 Å². The molecule has 0 spiro atoms. The molecule has 1 aliphatic heterocycles. The van der Waals surface area contributed by atoms with E-state index in [9.17, 15) is 0 Å². The number of nitrogens with zero attached hydrogens (tertiary/aromatic N) is 3. The van der Waals surface area contributed by atoms with Crippen molar-refractivity contribution in [3.8, 4) is 11.5 Å². The van der Waals surface area contributed by atoms with Crippen molar-refractivity contribution >= 4 is 11.8 Å². The molecular weight excluding hydrogens is 316 g/mol. The lowest BCUT2D eigenvalue weighted by Crippen LogP contribution is -2.35. The molecule has 1 unspecified atom stereocenters. The Morgan fingerprint density at radius 3 is 2.80 bits per heavy atom. The second kappa shape index (κ2) is 8.05. The third-order valence-electron chi connectivity index (χ3n) is 4.50. The Morgan fingerprint density at radius 2 is 2.04 bits per heavy atom. The van der Waals surface area contributed by atoms with Crippen LogP contribution in [0.25, 0.3) is 0 Å². The van der Waals surface area contributed by atoms with Crippen molar-refractivity contribution < 1.29 is 9.47 Å². The number of hydrogen-bond donors (Lipinski definition) is 1. The van der Waals surface area contributed by atoms with E-state index in [0.29, 0.717) is 12.5 Å². The molecular formula is C19H26N4O2. The highest BCUT2D eigenvalue weighted by Gasteiger charge is 2.18. The maximum Gasteiger partial charge on any atom is 0.227 e. The molecule has 1 fully saturated rings. The van der Waals surface area contributed by atoms with Crippen molar-refractivity contribution in [1.29, 1.82) is 0 Å². The number of ether oxygens (including phenoxy) is 2. The van der Waals surface area contributed by atoms with E-state index in [4.69, 9.17) is 9.47 Å². The van der Waals surface area contributed by atoms with E-state index in [0.717, 1.165) is 41.9 Å². The molecule has 6 nitrogen and oxygen atoms in total. The molecule has 1 saturated heterocycles. The molecule has 1 aromatic carbocycles. The number of benzene rings is 1. The first kappa shape index (κ1) is 17.3. The standard InChI is InChI=1S/C19H26N4O2/c1-14-5-4-10-23(13-14)19-20-9-8-18(22-19)21-12-15-6-7-16(24-2)17(11-15)25-3/h6-9,11,14H,4-5,10,12-13H2,1-3H3,(H,20,21,22). The molecule has 134 valence electrons. The summed E-state index contributed by atoms with van der Waals surface area (Å²) in [7, 11) is 3.28. The van der Waals surface area contributed by atoms with Gasteiger partial charge in [0.15, 0.2) is 11.5 Å². The number of nitrogens with one attached hydrogen (secondary N) is 1. The smallest absolute Gasteiger partial charge is 0.227 e. The molecule has 6 heteroatoms. The van der Waals surface area contributed by atoms with E-state index in [2.05, 4.69) is 27.1 Å². The van der Waals surface area contributed by atoms with Gasteiger partial charge in [-0.1, -0.05) is 13.0 Å². The monoisotopic (exact) mass is 342 g/mol. The quantitative estimate of drug-likeness (QED) is 0.869. The van der Waals surface area contributed by atoms with Crippen molar-refractivity contribution in [1.82, 2.24) is 9.97 Å². The van der Waals surface area contributed by atoms with E-state index in [1.807, 2.05) is 30.5 Å². The minimum atomic E-state index is 0.660. The number of anilines is 2. The molecule has 1 aliphatic rings. The van der Waals surface area contributed by atoms with Crippen molar-refractivity contribution in [2.24, 2.45) is 5.92 Å². The first-order valence-corrected chi connectivity index (χ1v) is 8.72. The summed E-state index contributed by atoms with van der Waals surface area (Å²) in [5.41, 5.74) is 1.10. The van der Waals surface area contributed by atoms with Crippen molar-refractivity contribution in [2.45, 2.75) is 26.3 Å². The molecule has 1 atom stereocenters. The fraction of sp³-hybridized carbons (Fsp3) is 0.474. The van der Waals surface area contributed by atoms with Crippen LogP contribution in [0.2, 0.25) is 0 Å². The van der Waals surface area contributed by atoms with Crippen molar-refractivity contribution in [3.05, 3.63) is 36.0 Å². The number of methoxy groups -OCH3 is 2. The van der Waals surface area contributed by atoms with Gasteiger partial charge < -0.3 is 19.7 Å². The second-order valence-electron chi connectivity index (χ2n) is 6.48. The van der Waals surface area contributed by atoms with Crippen LogP contribution in [0.1, 0.15) is 25.3 Å². The summed E-state index contributed by atoms with van der Waals surface area (Å²) in [5.74, 6) is 3.80. The largest absolute Gasteiger partial charge is 0.493 e. The number of piperidine rings is 1. The van der Waals surface area contributed by atoms with Crippen molar-refractivity contribution in [3.63, 3.8) is 0 Å². The maximum atomic E-state index is 5.35. The molecule has 25 heavy (non-hydrogen) atoms. The van der Waals surface area contributed by atoms with Crippen LogP contribution in [-0.4, -0.2) is 37.3 Å². The van der Waals surface area contributed by atoms with Gasteiger partial charge in [0, 0.05) is 25.8 Å². The van der Waals surface area contributed by atoms with Crippen LogP contribution in [-0.2, 0) is 6.54 Å². The highest BCUT2D eigenvalue weighted by atomic mass is 16.5. The van der Waals surface area contributed by atoms with E-state index >= 15 is 0 Å². The average molecular weight is 342 g/mol. The van der Waals surface area contributed by atoms with Gasteiger partial charge in [-0.2, -0.15) is 4.98 Å². The summed E-state index contributed by atoms with van der Waals surface area (Å²) in [6.07, 6.45) is 4.31. The summed E-state index contributed by atoms with van der Waals surface area (Å²) < 4.78 is 10.6. The SMILES string of the molecule is COc1ccc(CNc2ccnc(N3CCCC(C)C3)n2)cc1OC. The van der Waals surface area contributed by atoms with Gasteiger partial charge in [-0.05, 0) is 42.5 Å². The van der Waals surface area contributed by atoms with Crippen LogP contribution in [0, 0.1) is 5.92 Å². The lowest BCUT2D eigenvalue weighted by molar-refractivity contribution is 0.354. The predicted molar refractivity (Wildman–Crippen MR) is 99.5 cm³/mol. The molecule has 2 heterocycles. The molecule has 0 bridgehead atoms. The van der Waals surface area contributed by atoms with Crippen LogP contribution in [0.15, 0.2) is 30.5 Å². The van der Waals surface area contributed by atoms with E-state index in [1.54, 1.807) is 14.2 Å². The Morgan fingerprint density at radius 1 is 1.20 bits per heavy atom. The minimum Gasteiger partial charge on any atom is -0.493 e. The maximum absolute atomic E-state index is 5.35. The minimum absolute atomic E-state index is 0.660. The average Bonchev–Trinajstić information content (AvgIpc) is 2.66. The summed E-state index contributed by atoms with van der Waals surface area (Å²) in [5, 5.41) is 3.37. The lowest BCUT2D eigenvalue weighted by Gasteiger charge is -2.30. The van der Waals surface area contributed by atoms with Gasteiger partial charge in [0.25, 0.3) is 0 Å². The van der Waals surface area contributed by atoms with Gasteiger partial charge in [0.2, 0.25) is 5.95 Å². The summed E-state index contributed by atoms with van der Waals surface area (Å²) >= 11 is 0. The van der Waals surface area contributed by atoms with E-state index < -0.39 is 0 Å². The van der Waals surface area contributed by atoms with Crippen LogP contribution >= 0.6 is 0 Å². The molecule has 3 rings (SSSR count). The fourth-order valence-corrected chi connectivity index (χ4v) is 3.15. The predicted octanol–water partition coefficient (Wildman–Crippen LogP) is 3.34. The first-order valence-electron chi connectivity index (χ1n) is 8.72. The molecule has 0 saturated carbocycles. The van der Waals surface area contributed by atoms with Crippen LogP contribution < -0.4 is 19.7 Å². The zero-order valence-electron chi connectivity index (χ0n) is 15.2. The van der Waals surface area contributed by atoms with E-state index in [1.165, 1.54) is 12.8 Å². The fourth-order valence-electron chi connectivity index (χ4n) is 3.15. The highest BCUT2D eigenvalue weighted by Crippen LogP contribution is 2.28. The normalized spacial score (nSPS) is 17.2. The molecule has 1 N–H and O–H groups in total.